The lowest BCUT2D eigenvalue weighted by Crippen LogP contribution is -2.57. The van der Waals surface area contributed by atoms with Gasteiger partial charge in [-0.3, -0.25) is 19.2 Å². The molecule has 0 bridgehead atoms. The Morgan fingerprint density at radius 3 is 1.96 bits per heavy atom. The molecule has 0 unspecified atom stereocenters. The molecule has 0 spiro atoms. The fraction of sp³-hybridized carbons (Fsp3) is 0.643. The second-order valence-corrected chi connectivity index (χ2v) is 5.65. The van der Waals surface area contributed by atoms with E-state index in [1.165, 1.54) is 0 Å². The molecule has 8 N–H and O–H groups in total. The predicted octanol–water partition coefficient (Wildman–Crippen LogP) is -2.24. The number of carboxylic acid groups (broad SMARTS) is 2. The highest BCUT2D eigenvalue weighted by Crippen LogP contribution is 2.09. The van der Waals surface area contributed by atoms with Gasteiger partial charge in [0.2, 0.25) is 17.7 Å². The van der Waals surface area contributed by atoms with E-state index in [1.807, 2.05) is 0 Å². The maximum atomic E-state index is 12.3. The molecular formula is C14H24N4O7. The van der Waals surface area contributed by atoms with E-state index in [0.29, 0.717) is 6.42 Å². The maximum absolute atomic E-state index is 12.3. The van der Waals surface area contributed by atoms with Gasteiger partial charge < -0.3 is 32.3 Å². The van der Waals surface area contributed by atoms with Crippen molar-refractivity contribution in [2.45, 2.75) is 51.2 Å². The molecule has 0 aromatic rings. The summed E-state index contributed by atoms with van der Waals surface area (Å²) < 4.78 is 0. The molecule has 0 heterocycles. The van der Waals surface area contributed by atoms with E-state index < -0.39 is 66.5 Å². The summed E-state index contributed by atoms with van der Waals surface area (Å²) in [6.45, 7) is 3.38. The lowest BCUT2D eigenvalue weighted by molar-refractivity contribution is -0.147. The summed E-state index contributed by atoms with van der Waals surface area (Å²) in [4.78, 5) is 56.8. The van der Waals surface area contributed by atoms with Crippen LogP contribution in [-0.4, -0.2) is 58.0 Å². The van der Waals surface area contributed by atoms with Crippen molar-refractivity contribution in [3.8, 4) is 0 Å². The molecule has 25 heavy (non-hydrogen) atoms. The van der Waals surface area contributed by atoms with Crippen molar-refractivity contribution in [1.82, 2.24) is 10.6 Å². The average Bonchev–Trinajstić information content (AvgIpc) is 2.49. The highest BCUT2D eigenvalue weighted by molar-refractivity contribution is 5.94. The van der Waals surface area contributed by atoms with Crippen molar-refractivity contribution in [2.24, 2.45) is 17.4 Å². The second-order valence-electron chi connectivity index (χ2n) is 5.65. The first-order valence-corrected chi connectivity index (χ1v) is 7.58. The number of hydrogen-bond donors (Lipinski definition) is 6. The molecule has 11 nitrogen and oxygen atoms in total. The summed E-state index contributed by atoms with van der Waals surface area (Å²) in [5.41, 5.74) is 10.5. The molecule has 0 saturated heterocycles. The number of primary amides is 1. The Balaban J connectivity index is 5.15. The van der Waals surface area contributed by atoms with Crippen LogP contribution in [0.4, 0.5) is 0 Å². The van der Waals surface area contributed by atoms with Crippen LogP contribution in [0.15, 0.2) is 0 Å². The third-order valence-corrected chi connectivity index (χ3v) is 3.54. The third kappa shape index (κ3) is 8.11. The van der Waals surface area contributed by atoms with Crippen LogP contribution < -0.4 is 22.1 Å². The Bertz CT molecular complexity index is 537. The van der Waals surface area contributed by atoms with Gasteiger partial charge in [0, 0.05) is 0 Å². The standard InChI is InChI=1S/C14H24N4O7/c1-3-6(2)11(18-12(22)7(15)4-9(16)19)13(23)17-8(14(24)25)5-10(20)21/h6-8,11H,3-5,15H2,1-2H3,(H2,16,19)(H,17,23)(H,18,22)(H,20,21)(H,24,25)/t6-,7-,8-,11-/m0/s1. The first kappa shape index (κ1) is 22.3. The average molecular weight is 360 g/mol. The largest absolute Gasteiger partial charge is 0.481 e. The minimum Gasteiger partial charge on any atom is -0.481 e. The molecule has 0 aliphatic heterocycles. The molecular weight excluding hydrogens is 336 g/mol. The number of carbonyl (C=O) groups is 5. The Hall–Kier alpha value is -2.69. The van der Waals surface area contributed by atoms with E-state index >= 15 is 0 Å². The molecule has 0 rings (SSSR count). The molecule has 0 aromatic heterocycles. The molecule has 0 fully saturated rings. The van der Waals surface area contributed by atoms with E-state index in [9.17, 15) is 24.0 Å². The number of aliphatic carboxylic acids is 2. The van der Waals surface area contributed by atoms with Gasteiger partial charge in [0.25, 0.3) is 0 Å². The van der Waals surface area contributed by atoms with Crippen LogP contribution in [0.5, 0.6) is 0 Å². The summed E-state index contributed by atoms with van der Waals surface area (Å²) in [5, 5.41) is 22.1. The summed E-state index contributed by atoms with van der Waals surface area (Å²) in [5.74, 6) is -5.77. The predicted molar refractivity (Wildman–Crippen MR) is 85.0 cm³/mol. The first-order chi connectivity index (χ1) is 11.5. The summed E-state index contributed by atoms with van der Waals surface area (Å²) in [7, 11) is 0. The van der Waals surface area contributed by atoms with Crippen LogP contribution in [0.1, 0.15) is 33.1 Å². The lowest BCUT2D eigenvalue weighted by atomic mass is 9.97. The van der Waals surface area contributed by atoms with E-state index in [0.717, 1.165) is 0 Å². The molecule has 4 atom stereocenters. The quantitative estimate of drug-likeness (QED) is 0.237. The van der Waals surface area contributed by atoms with Crippen LogP contribution in [0.25, 0.3) is 0 Å². The highest BCUT2D eigenvalue weighted by atomic mass is 16.4. The van der Waals surface area contributed by atoms with E-state index in [4.69, 9.17) is 21.7 Å². The number of amides is 3. The monoisotopic (exact) mass is 360 g/mol. The summed E-state index contributed by atoms with van der Waals surface area (Å²) in [6, 6.07) is -4.05. The molecule has 0 radical (unpaired) electrons. The minimum atomic E-state index is -1.65. The van der Waals surface area contributed by atoms with E-state index in [2.05, 4.69) is 10.6 Å². The fourth-order valence-electron chi connectivity index (χ4n) is 1.91. The van der Waals surface area contributed by atoms with Crippen molar-refractivity contribution in [1.29, 1.82) is 0 Å². The molecule has 0 aromatic carbocycles. The molecule has 0 aliphatic rings. The fourth-order valence-corrected chi connectivity index (χ4v) is 1.91. The lowest BCUT2D eigenvalue weighted by Gasteiger charge is -2.26. The zero-order valence-electron chi connectivity index (χ0n) is 14.0. The SMILES string of the molecule is CC[C@H](C)[C@H](NC(=O)[C@@H](N)CC(N)=O)C(=O)N[C@@H](CC(=O)O)C(=O)O. The normalized spacial score (nSPS) is 15.3. The molecule has 0 aliphatic carbocycles. The Kier molecular flexibility index (Phi) is 9.13. The third-order valence-electron chi connectivity index (χ3n) is 3.54. The number of nitrogens with two attached hydrogens (primary N) is 2. The van der Waals surface area contributed by atoms with E-state index in [1.54, 1.807) is 13.8 Å². The van der Waals surface area contributed by atoms with Gasteiger partial charge in [0.15, 0.2) is 0 Å². The smallest absolute Gasteiger partial charge is 0.326 e. The molecule has 11 heteroatoms. The van der Waals surface area contributed by atoms with Crippen molar-refractivity contribution < 1.29 is 34.2 Å². The summed E-state index contributed by atoms with van der Waals surface area (Å²) >= 11 is 0. The Morgan fingerprint density at radius 2 is 1.56 bits per heavy atom. The van der Waals surface area contributed by atoms with Crippen LogP contribution in [0, 0.1) is 5.92 Å². The molecule has 3 amide bonds. The van der Waals surface area contributed by atoms with Crippen LogP contribution in [0.3, 0.4) is 0 Å². The number of carbonyl (C=O) groups excluding carboxylic acids is 3. The molecule has 0 saturated carbocycles. The van der Waals surface area contributed by atoms with Gasteiger partial charge in [-0.15, -0.1) is 0 Å². The topological polar surface area (TPSA) is 202 Å². The van der Waals surface area contributed by atoms with Gasteiger partial charge in [-0.05, 0) is 5.92 Å². The van der Waals surface area contributed by atoms with Crippen molar-refractivity contribution >= 4 is 29.7 Å². The number of rotatable bonds is 11. The number of nitrogens with one attached hydrogen (secondary N) is 2. The van der Waals surface area contributed by atoms with Crippen molar-refractivity contribution in [3.05, 3.63) is 0 Å². The van der Waals surface area contributed by atoms with Crippen molar-refractivity contribution in [3.63, 3.8) is 0 Å². The maximum Gasteiger partial charge on any atom is 0.326 e. The highest BCUT2D eigenvalue weighted by Gasteiger charge is 2.32. The zero-order chi connectivity index (χ0) is 19.7. The van der Waals surface area contributed by atoms with Crippen LogP contribution >= 0.6 is 0 Å². The molecule has 142 valence electrons. The Morgan fingerprint density at radius 1 is 1.00 bits per heavy atom. The van der Waals surface area contributed by atoms with Gasteiger partial charge >= 0.3 is 11.9 Å². The van der Waals surface area contributed by atoms with Gasteiger partial charge in [-0.25, -0.2) is 4.79 Å². The zero-order valence-corrected chi connectivity index (χ0v) is 14.0. The van der Waals surface area contributed by atoms with Crippen LogP contribution in [0.2, 0.25) is 0 Å². The van der Waals surface area contributed by atoms with Crippen molar-refractivity contribution in [2.75, 3.05) is 0 Å². The second kappa shape index (κ2) is 10.2. The number of carboxylic acids is 2. The van der Waals surface area contributed by atoms with Gasteiger partial charge in [-0.1, -0.05) is 20.3 Å². The first-order valence-electron chi connectivity index (χ1n) is 7.58. The summed E-state index contributed by atoms with van der Waals surface area (Å²) in [6.07, 6.45) is -0.777. The Labute approximate surface area is 144 Å². The van der Waals surface area contributed by atoms with E-state index in [-0.39, 0.29) is 0 Å². The van der Waals surface area contributed by atoms with Crippen LogP contribution in [-0.2, 0) is 24.0 Å². The van der Waals surface area contributed by atoms with Gasteiger partial charge in [-0.2, -0.15) is 0 Å². The number of hydrogen-bond acceptors (Lipinski definition) is 6. The minimum absolute atomic E-state index is 0.399. The van der Waals surface area contributed by atoms with Gasteiger partial charge in [0.05, 0.1) is 18.9 Å². The van der Waals surface area contributed by atoms with Gasteiger partial charge in [0.1, 0.15) is 12.1 Å².